The highest BCUT2D eigenvalue weighted by molar-refractivity contribution is 6.35. The lowest BCUT2D eigenvalue weighted by atomic mass is 10.2. The second-order valence-corrected chi connectivity index (χ2v) is 4.70. The summed E-state index contributed by atoms with van der Waals surface area (Å²) in [6.07, 6.45) is 0. The van der Waals surface area contributed by atoms with Gasteiger partial charge in [-0.25, -0.2) is 0 Å². The maximum atomic E-state index is 12.0. The van der Waals surface area contributed by atoms with Crippen LogP contribution in [0.15, 0.2) is 18.2 Å². The zero-order valence-electron chi connectivity index (χ0n) is 9.01. The molecule has 0 aliphatic carbocycles. The number of halogens is 3. The number of hydrogen-bond acceptors (Lipinski definition) is 1. The van der Waals surface area contributed by atoms with Crippen molar-refractivity contribution >= 4 is 40.7 Å². The molecule has 16 heavy (non-hydrogen) atoms. The molecule has 0 N–H and O–H groups in total. The van der Waals surface area contributed by atoms with E-state index in [0.29, 0.717) is 21.5 Å². The Balaban J connectivity index is 3.00. The first kappa shape index (κ1) is 13.6. The number of amides is 1. The molecule has 0 aliphatic rings. The van der Waals surface area contributed by atoms with Gasteiger partial charge in [-0.2, -0.15) is 0 Å². The van der Waals surface area contributed by atoms with Gasteiger partial charge in [0.15, 0.2) is 0 Å². The van der Waals surface area contributed by atoms with Crippen LogP contribution in [-0.4, -0.2) is 29.8 Å². The largest absolute Gasteiger partial charge is 0.338 e. The zero-order valence-corrected chi connectivity index (χ0v) is 11.3. The maximum Gasteiger partial charge on any atom is 0.255 e. The van der Waals surface area contributed by atoms with Crippen LogP contribution >= 0.6 is 34.8 Å². The molecule has 88 valence electrons. The Morgan fingerprint density at radius 2 is 2.06 bits per heavy atom. The van der Waals surface area contributed by atoms with Gasteiger partial charge >= 0.3 is 0 Å². The first-order chi connectivity index (χ1) is 7.47. The highest BCUT2D eigenvalue weighted by atomic mass is 35.5. The first-order valence-corrected chi connectivity index (χ1v) is 6.04. The predicted octanol–water partition coefficient (Wildman–Crippen LogP) is 3.69. The minimum atomic E-state index is -0.180. The number of rotatable bonds is 3. The molecule has 2 nitrogen and oxygen atoms in total. The summed E-state index contributed by atoms with van der Waals surface area (Å²) < 4.78 is 0. The van der Waals surface area contributed by atoms with Gasteiger partial charge in [-0.1, -0.05) is 23.2 Å². The van der Waals surface area contributed by atoms with Crippen molar-refractivity contribution in [1.29, 1.82) is 0 Å². The van der Waals surface area contributed by atoms with E-state index in [9.17, 15) is 4.79 Å². The van der Waals surface area contributed by atoms with Gasteiger partial charge in [0.2, 0.25) is 0 Å². The monoisotopic (exact) mass is 279 g/mol. The number of hydrogen-bond donors (Lipinski definition) is 0. The minimum absolute atomic E-state index is 0.0517. The number of alkyl halides is 1. The van der Waals surface area contributed by atoms with E-state index in [-0.39, 0.29) is 11.9 Å². The van der Waals surface area contributed by atoms with Crippen LogP contribution in [0.25, 0.3) is 0 Å². The van der Waals surface area contributed by atoms with Gasteiger partial charge < -0.3 is 4.90 Å². The van der Waals surface area contributed by atoms with Crippen molar-refractivity contribution in [1.82, 2.24) is 4.90 Å². The summed E-state index contributed by atoms with van der Waals surface area (Å²) in [7, 11) is 1.69. The van der Waals surface area contributed by atoms with Gasteiger partial charge in [-0.15, -0.1) is 11.6 Å². The Morgan fingerprint density at radius 3 is 2.62 bits per heavy atom. The molecule has 0 aliphatic heterocycles. The van der Waals surface area contributed by atoms with Crippen LogP contribution in [-0.2, 0) is 0 Å². The molecule has 1 rings (SSSR count). The van der Waals surface area contributed by atoms with Crippen molar-refractivity contribution in [3.05, 3.63) is 33.8 Å². The molecule has 1 atom stereocenters. The summed E-state index contributed by atoms with van der Waals surface area (Å²) >= 11 is 17.5. The Bertz CT molecular complexity index is 395. The molecule has 1 aromatic carbocycles. The SMILES string of the molecule is CC(CCl)N(C)C(=O)c1cc(Cl)ccc1Cl. The summed E-state index contributed by atoms with van der Waals surface area (Å²) in [5, 5.41) is 0.877. The molecule has 0 heterocycles. The van der Waals surface area contributed by atoms with E-state index < -0.39 is 0 Å². The fraction of sp³-hybridized carbons (Fsp3) is 0.364. The third-order valence-electron chi connectivity index (χ3n) is 2.36. The van der Waals surface area contributed by atoms with Gasteiger partial charge in [-0.05, 0) is 25.1 Å². The Morgan fingerprint density at radius 1 is 1.44 bits per heavy atom. The third-order valence-corrected chi connectivity index (χ3v) is 3.37. The smallest absolute Gasteiger partial charge is 0.255 e. The van der Waals surface area contributed by atoms with Gasteiger partial charge in [0.1, 0.15) is 0 Å². The number of carbonyl (C=O) groups is 1. The van der Waals surface area contributed by atoms with Crippen LogP contribution in [0.2, 0.25) is 10.0 Å². The van der Waals surface area contributed by atoms with Gasteiger partial charge in [0.25, 0.3) is 5.91 Å². The van der Waals surface area contributed by atoms with Crippen molar-refractivity contribution in [2.24, 2.45) is 0 Å². The van der Waals surface area contributed by atoms with Crippen molar-refractivity contribution < 1.29 is 4.79 Å². The molecule has 1 unspecified atom stereocenters. The van der Waals surface area contributed by atoms with Crippen molar-refractivity contribution in [2.75, 3.05) is 12.9 Å². The van der Waals surface area contributed by atoms with E-state index in [4.69, 9.17) is 34.8 Å². The standard InChI is InChI=1S/C11H12Cl3NO/c1-7(6-12)15(2)11(16)9-5-8(13)3-4-10(9)14/h3-5,7H,6H2,1-2H3. The lowest BCUT2D eigenvalue weighted by Crippen LogP contribution is -2.36. The molecule has 0 saturated heterocycles. The Labute approximate surface area is 110 Å². The van der Waals surface area contributed by atoms with Crippen molar-refractivity contribution in [2.45, 2.75) is 13.0 Å². The molecule has 0 fully saturated rings. The van der Waals surface area contributed by atoms with Crippen LogP contribution in [0.4, 0.5) is 0 Å². The van der Waals surface area contributed by atoms with Crippen LogP contribution in [0.5, 0.6) is 0 Å². The lowest BCUT2D eigenvalue weighted by molar-refractivity contribution is 0.0757. The summed E-state index contributed by atoms with van der Waals surface area (Å²) in [5.74, 6) is 0.195. The molecule has 0 bridgehead atoms. The van der Waals surface area contributed by atoms with Gasteiger partial charge in [0.05, 0.1) is 10.6 Å². The van der Waals surface area contributed by atoms with Crippen LogP contribution < -0.4 is 0 Å². The maximum absolute atomic E-state index is 12.0. The lowest BCUT2D eigenvalue weighted by Gasteiger charge is -2.23. The average Bonchev–Trinajstić information content (AvgIpc) is 2.29. The van der Waals surface area contributed by atoms with E-state index in [0.717, 1.165) is 0 Å². The van der Waals surface area contributed by atoms with Gasteiger partial charge in [0, 0.05) is 24.0 Å². The molecular weight excluding hydrogens is 268 g/mol. The zero-order chi connectivity index (χ0) is 12.3. The number of carbonyl (C=O) groups excluding carboxylic acids is 1. The van der Waals surface area contributed by atoms with E-state index in [1.165, 1.54) is 0 Å². The molecule has 1 amide bonds. The van der Waals surface area contributed by atoms with E-state index in [2.05, 4.69) is 0 Å². The topological polar surface area (TPSA) is 20.3 Å². The molecule has 5 heteroatoms. The fourth-order valence-corrected chi connectivity index (χ4v) is 1.73. The third kappa shape index (κ3) is 3.03. The van der Waals surface area contributed by atoms with E-state index >= 15 is 0 Å². The van der Waals surface area contributed by atoms with E-state index in [1.807, 2.05) is 6.92 Å². The molecule has 1 aromatic rings. The Hall–Kier alpha value is -0.440. The highest BCUT2D eigenvalue weighted by Crippen LogP contribution is 2.22. The molecule has 0 saturated carbocycles. The molecular formula is C11H12Cl3NO. The number of benzene rings is 1. The Kier molecular flexibility index (Phi) is 4.90. The summed E-state index contributed by atoms with van der Waals surface area (Å²) in [4.78, 5) is 13.6. The van der Waals surface area contributed by atoms with Crippen LogP contribution in [0.1, 0.15) is 17.3 Å². The molecule has 0 spiro atoms. The molecule has 0 radical (unpaired) electrons. The summed E-state index contributed by atoms with van der Waals surface area (Å²) in [5.41, 5.74) is 0.397. The minimum Gasteiger partial charge on any atom is -0.338 e. The normalized spacial score (nSPS) is 12.3. The quantitative estimate of drug-likeness (QED) is 0.773. The highest BCUT2D eigenvalue weighted by Gasteiger charge is 2.19. The second-order valence-electron chi connectivity index (χ2n) is 3.54. The predicted molar refractivity (Wildman–Crippen MR) is 68.7 cm³/mol. The fourth-order valence-electron chi connectivity index (χ4n) is 1.16. The molecule has 0 aromatic heterocycles. The van der Waals surface area contributed by atoms with Gasteiger partial charge in [-0.3, -0.25) is 4.79 Å². The first-order valence-electron chi connectivity index (χ1n) is 4.75. The number of nitrogens with zero attached hydrogens (tertiary/aromatic N) is 1. The summed E-state index contributed by atoms with van der Waals surface area (Å²) in [6.45, 7) is 1.86. The average molecular weight is 281 g/mol. The van der Waals surface area contributed by atoms with Crippen molar-refractivity contribution in [3.8, 4) is 0 Å². The summed E-state index contributed by atoms with van der Waals surface area (Å²) in [6, 6.07) is 4.76. The van der Waals surface area contributed by atoms with E-state index in [1.54, 1.807) is 30.1 Å². The van der Waals surface area contributed by atoms with Crippen molar-refractivity contribution in [3.63, 3.8) is 0 Å². The van der Waals surface area contributed by atoms with Crippen LogP contribution in [0, 0.1) is 0 Å². The second kappa shape index (κ2) is 5.76. The van der Waals surface area contributed by atoms with Crippen LogP contribution in [0.3, 0.4) is 0 Å².